The molecular formula is C18H23N5OS. The fourth-order valence-corrected chi connectivity index (χ4v) is 4.23. The summed E-state index contributed by atoms with van der Waals surface area (Å²) in [6.45, 7) is 3.37. The maximum atomic E-state index is 12.7. The van der Waals surface area contributed by atoms with Crippen LogP contribution in [0.25, 0.3) is 0 Å². The van der Waals surface area contributed by atoms with E-state index < -0.39 is 0 Å². The average molecular weight is 357 g/mol. The molecule has 0 saturated carbocycles. The van der Waals surface area contributed by atoms with Crippen LogP contribution in [0.15, 0.2) is 17.5 Å². The summed E-state index contributed by atoms with van der Waals surface area (Å²) >= 11 is 1.50. The monoisotopic (exact) mass is 357 g/mol. The lowest BCUT2D eigenvalue weighted by Gasteiger charge is -2.31. The van der Waals surface area contributed by atoms with Gasteiger partial charge in [0.15, 0.2) is 0 Å². The van der Waals surface area contributed by atoms with Gasteiger partial charge in [-0.2, -0.15) is 4.98 Å². The lowest BCUT2D eigenvalue weighted by Crippen LogP contribution is -2.37. The lowest BCUT2D eigenvalue weighted by molar-refractivity contribution is 0.0738. The molecular weight excluding hydrogens is 334 g/mol. The van der Waals surface area contributed by atoms with Gasteiger partial charge >= 0.3 is 0 Å². The quantitative estimate of drug-likeness (QED) is 0.844. The number of rotatable bonds is 3. The first kappa shape index (κ1) is 16.3. The van der Waals surface area contributed by atoms with Crippen LogP contribution >= 0.6 is 11.3 Å². The molecule has 132 valence electrons. The third-order valence-corrected chi connectivity index (χ3v) is 5.72. The molecule has 4 rings (SSSR count). The van der Waals surface area contributed by atoms with E-state index in [4.69, 9.17) is 9.97 Å². The van der Waals surface area contributed by atoms with E-state index in [0.717, 1.165) is 47.4 Å². The zero-order chi connectivity index (χ0) is 17.4. The molecule has 1 fully saturated rings. The maximum absolute atomic E-state index is 12.7. The van der Waals surface area contributed by atoms with Crippen LogP contribution < -0.4 is 9.80 Å². The highest BCUT2D eigenvalue weighted by atomic mass is 32.1. The molecule has 0 N–H and O–H groups in total. The van der Waals surface area contributed by atoms with Gasteiger partial charge in [0.1, 0.15) is 5.82 Å². The summed E-state index contributed by atoms with van der Waals surface area (Å²) < 4.78 is 0. The Morgan fingerprint density at radius 3 is 2.68 bits per heavy atom. The van der Waals surface area contributed by atoms with Crippen LogP contribution in [0.5, 0.6) is 0 Å². The summed E-state index contributed by atoms with van der Waals surface area (Å²) in [6.07, 6.45) is 3.21. The minimum absolute atomic E-state index is 0.106. The second-order valence-corrected chi connectivity index (χ2v) is 7.76. The fourth-order valence-electron chi connectivity index (χ4n) is 3.54. The largest absolute Gasteiger partial charge is 0.362 e. The van der Waals surface area contributed by atoms with Gasteiger partial charge in [0, 0.05) is 45.7 Å². The molecule has 6 nitrogen and oxygen atoms in total. The minimum atomic E-state index is 0.106. The average Bonchev–Trinajstić information content (AvgIpc) is 3.32. The van der Waals surface area contributed by atoms with Crippen molar-refractivity contribution in [2.45, 2.75) is 25.8 Å². The van der Waals surface area contributed by atoms with E-state index in [1.165, 1.54) is 24.2 Å². The molecule has 0 radical (unpaired) electrons. The molecule has 2 aromatic heterocycles. The van der Waals surface area contributed by atoms with E-state index in [0.29, 0.717) is 13.1 Å². The normalized spacial score (nSPS) is 16.9. The SMILES string of the molecule is CN(C)c1nc(N2CCCC2)nc2c1CN(C(=O)c1cccs1)CC2. The Morgan fingerprint density at radius 1 is 1.20 bits per heavy atom. The van der Waals surface area contributed by atoms with Gasteiger partial charge in [-0.1, -0.05) is 6.07 Å². The van der Waals surface area contributed by atoms with Crippen LogP contribution in [-0.4, -0.2) is 54.5 Å². The van der Waals surface area contributed by atoms with Crippen molar-refractivity contribution < 1.29 is 4.79 Å². The highest BCUT2D eigenvalue weighted by Gasteiger charge is 2.28. The van der Waals surface area contributed by atoms with Gasteiger partial charge in [0.25, 0.3) is 5.91 Å². The van der Waals surface area contributed by atoms with Crippen molar-refractivity contribution in [3.05, 3.63) is 33.6 Å². The van der Waals surface area contributed by atoms with Crippen LogP contribution in [0.2, 0.25) is 0 Å². The molecule has 0 bridgehead atoms. The van der Waals surface area contributed by atoms with E-state index >= 15 is 0 Å². The minimum Gasteiger partial charge on any atom is -0.362 e. The summed E-state index contributed by atoms with van der Waals surface area (Å²) in [7, 11) is 4.02. The molecule has 7 heteroatoms. The maximum Gasteiger partial charge on any atom is 0.264 e. The van der Waals surface area contributed by atoms with Gasteiger partial charge < -0.3 is 14.7 Å². The number of carbonyl (C=O) groups is 1. The zero-order valence-corrected chi connectivity index (χ0v) is 15.6. The molecule has 0 unspecified atom stereocenters. The van der Waals surface area contributed by atoms with Crippen LogP contribution in [0, 0.1) is 0 Å². The Morgan fingerprint density at radius 2 is 2.00 bits per heavy atom. The standard InChI is InChI=1S/C18H23N5OS/c1-21(2)16-13-12-23(17(24)15-6-5-11-25-15)10-7-14(13)19-18(20-16)22-8-3-4-9-22/h5-6,11H,3-4,7-10,12H2,1-2H3. The number of carbonyl (C=O) groups excluding carboxylic acids is 1. The van der Waals surface area contributed by atoms with Crippen molar-refractivity contribution in [1.29, 1.82) is 0 Å². The molecule has 25 heavy (non-hydrogen) atoms. The van der Waals surface area contributed by atoms with E-state index in [2.05, 4.69) is 4.90 Å². The summed E-state index contributed by atoms with van der Waals surface area (Å²) in [5.74, 6) is 1.89. The predicted octanol–water partition coefficient (Wildman–Crippen LogP) is 2.40. The first-order chi connectivity index (χ1) is 12.1. The number of amides is 1. The highest BCUT2D eigenvalue weighted by molar-refractivity contribution is 7.12. The summed E-state index contributed by atoms with van der Waals surface area (Å²) in [4.78, 5) is 29.4. The molecule has 0 aliphatic carbocycles. The molecule has 1 amide bonds. The van der Waals surface area contributed by atoms with Crippen LogP contribution in [0.4, 0.5) is 11.8 Å². The Balaban J connectivity index is 1.65. The van der Waals surface area contributed by atoms with E-state index in [9.17, 15) is 4.79 Å². The molecule has 2 aromatic rings. The second kappa shape index (κ2) is 6.63. The third kappa shape index (κ3) is 3.08. The summed E-state index contributed by atoms with van der Waals surface area (Å²) in [6, 6.07) is 3.81. The predicted molar refractivity (Wildman–Crippen MR) is 101 cm³/mol. The van der Waals surface area contributed by atoms with Gasteiger partial charge in [0.2, 0.25) is 5.95 Å². The number of aromatic nitrogens is 2. The number of hydrogen-bond acceptors (Lipinski definition) is 6. The molecule has 0 atom stereocenters. The molecule has 2 aliphatic heterocycles. The van der Waals surface area contributed by atoms with Crippen molar-refractivity contribution in [2.24, 2.45) is 0 Å². The Kier molecular flexibility index (Phi) is 4.33. The number of anilines is 2. The second-order valence-electron chi connectivity index (χ2n) is 6.82. The Labute approximate surface area is 152 Å². The summed E-state index contributed by atoms with van der Waals surface area (Å²) in [5.41, 5.74) is 2.18. The topological polar surface area (TPSA) is 52.6 Å². The fraction of sp³-hybridized carbons (Fsp3) is 0.500. The van der Waals surface area contributed by atoms with Crippen molar-refractivity contribution in [2.75, 3.05) is 43.5 Å². The van der Waals surface area contributed by atoms with Crippen LogP contribution in [0.3, 0.4) is 0 Å². The number of nitrogens with zero attached hydrogens (tertiary/aromatic N) is 5. The first-order valence-corrected chi connectivity index (χ1v) is 9.66. The molecule has 0 aromatic carbocycles. The van der Waals surface area contributed by atoms with Crippen molar-refractivity contribution in [3.63, 3.8) is 0 Å². The van der Waals surface area contributed by atoms with Gasteiger partial charge in [0.05, 0.1) is 17.1 Å². The van der Waals surface area contributed by atoms with E-state index in [-0.39, 0.29) is 5.91 Å². The smallest absolute Gasteiger partial charge is 0.264 e. The molecule has 4 heterocycles. The third-order valence-electron chi connectivity index (χ3n) is 4.86. The van der Waals surface area contributed by atoms with Crippen LogP contribution in [-0.2, 0) is 13.0 Å². The Hall–Kier alpha value is -2.15. The number of fused-ring (bicyclic) bond motifs is 1. The van der Waals surface area contributed by atoms with Gasteiger partial charge in [-0.25, -0.2) is 4.98 Å². The van der Waals surface area contributed by atoms with Gasteiger partial charge in [-0.3, -0.25) is 4.79 Å². The van der Waals surface area contributed by atoms with Crippen molar-refractivity contribution >= 4 is 29.0 Å². The molecule has 0 spiro atoms. The number of thiophene rings is 1. The Bertz CT molecular complexity index is 768. The first-order valence-electron chi connectivity index (χ1n) is 8.78. The lowest BCUT2D eigenvalue weighted by atomic mass is 10.1. The van der Waals surface area contributed by atoms with Gasteiger partial charge in [-0.15, -0.1) is 11.3 Å². The van der Waals surface area contributed by atoms with Crippen molar-refractivity contribution in [3.8, 4) is 0 Å². The summed E-state index contributed by atoms with van der Waals surface area (Å²) in [5, 5.41) is 1.95. The van der Waals surface area contributed by atoms with Crippen LogP contribution in [0.1, 0.15) is 33.8 Å². The number of hydrogen-bond donors (Lipinski definition) is 0. The highest BCUT2D eigenvalue weighted by Crippen LogP contribution is 2.30. The van der Waals surface area contributed by atoms with E-state index in [1.807, 2.05) is 41.4 Å². The zero-order valence-electron chi connectivity index (χ0n) is 14.7. The van der Waals surface area contributed by atoms with Gasteiger partial charge in [-0.05, 0) is 24.3 Å². The van der Waals surface area contributed by atoms with Crippen molar-refractivity contribution in [1.82, 2.24) is 14.9 Å². The van der Waals surface area contributed by atoms with E-state index in [1.54, 1.807) is 0 Å². The molecule has 2 aliphatic rings. The molecule has 1 saturated heterocycles.